The number of nitrogens with two attached hydrogens (primary N) is 1. The van der Waals surface area contributed by atoms with E-state index >= 15 is 0 Å². The van der Waals surface area contributed by atoms with E-state index in [9.17, 15) is 0 Å². The van der Waals surface area contributed by atoms with Crippen LogP contribution in [0.1, 0.15) is 28.3 Å². The van der Waals surface area contributed by atoms with Crippen molar-refractivity contribution in [3.05, 3.63) is 58.7 Å². The average molecular weight is 285 g/mol. The van der Waals surface area contributed by atoms with Crippen molar-refractivity contribution in [2.24, 2.45) is 5.73 Å². The van der Waals surface area contributed by atoms with Crippen LogP contribution < -0.4 is 15.2 Å². The van der Waals surface area contributed by atoms with Crippen molar-refractivity contribution in [1.29, 1.82) is 0 Å². The van der Waals surface area contributed by atoms with Gasteiger partial charge in [0.15, 0.2) is 11.5 Å². The van der Waals surface area contributed by atoms with Crippen molar-refractivity contribution in [1.82, 2.24) is 0 Å². The molecule has 0 heterocycles. The minimum Gasteiger partial charge on any atom is -0.493 e. The lowest BCUT2D eigenvalue weighted by Gasteiger charge is -2.18. The number of hydrogen-bond donors (Lipinski definition) is 1. The molecule has 0 spiro atoms. The van der Waals surface area contributed by atoms with E-state index in [0.717, 1.165) is 22.6 Å². The number of rotatable bonds is 5. The first kappa shape index (κ1) is 15.4. The first-order valence-corrected chi connectivity index (χ1v) is 7.11. The van der Waals surface area contributed by atoms with Crippen LogP contribution in [0.4, 0.5) is 0 Å². The Kier molecular flexibility index (Phi) is 4.86. The van der Waals surface area contributed by atoms with Crippen molar-refractivity contribution in [2.45, 2.75) is 26.8 Å². The first-order valence-electron chi connectivity index (χ1n) is 7.11. The van der Waals surface area contributed by atoms with Gasteiger partial charge in [-0.1, -0.05) is 29.8 Å². The highest BCUT2D eigenvalue weighted by molar-refractivity contribution is 5.42. The molecule has 0 aliphatic heterocycles. The molecule has 0 aromatic heterocycles. The maximum absolute atomic E-state index is 6.27. The van der Waals surface area contributed by atoms with Gasteiger partial charge in [-0.15, -0.1) is 0 Å². The third-order valence-corrected chi connectivity index (χ3v) is 3.57. The molecule has 0 saturated carbocycles. The topological polar surface area (TPSA) is 44.5 Å². The molecule has 21 heavy (non-hydrogen) atoms. The number of hydrogen-bond acceptors (Lipinski definition) is 3. The maximum atomic E-state index is 6.27. The fourth-order valence-corrected chi connectivity index (χ4v) is 2.32. The Morgan fingerprint density at radius 2 is 1.62 bits per heavy atom. The number of ether oxygens (including phenoxy) is 2. The van der Waals surface area contributed by atoms with Crippen LogP contribution in [-0.2, 0) is 0 Å². The predicted molar refractivity (Wildman–Crippen MR) is 86.1 cm³/mol. The van der Waals surface area contributed by atoms with Crippen LogP contribution in [-0.4, -0.2) is 13.7 Å². The smallest absolute Gasteiger partial charge is 0.161 e. The van der Waals surface area contributed by atoms with E-state index < -0.39 is 0 Å². The van der Waals surface area contributed by atoms with Crippen LogP contribution in [0.25, 0.3) is 0 Å². The Morgan fingerprint density at radius 1 is 0.952 bits per heavy atom. The highest BCUT2D eigenvalue weighted by atomic mass is 16.5. The molecule has 0 fully saturated rings. The maximum Gasteiger partial charge on any atom is 0.161 e. The van der Waals surface area contributed by atoms with Crippen molar-refractivity contribution in [3.8, 4) is 11.5 Å². The van der Waals surface area contributed by atoms with Crippen molar-refractivity contribution in [3.63, 3.8) is 0 Å². The number of methoxy groups -OCH3 is 1. The molecule has 0 aliphatic rings. The summed E-state index contributed by atoms with van der Waals surface area (Å²) < 4.78 is 11.2. The number of aryl methyl sites for hydroxylation is 3. The van der Waals surface area contributed by atoms with E-state index in [1.165, 1.54) is 11.1 Å². The molecule has 0 saturated heterocycles. The molecule has 0 aliphatic carbocycles. The quantitative estimate of drug-likeness (QED) is 0.911. The summed E-state index contributed by atoms with van der Waals surface area (Å²) >= 11 is 0. The molecule has 1 unspecified atom stereocenters. The molecule has 3 heteroatoms. The van der Waals surface area contributed by atoms with Crippen molar-refractivity contribution >= 4 is 0 Å². The highest BCUT2D eigenvalue weighted by Crippen LogP contribution is 2.29. The summed E-state index contributed by atoms with van der Waals surface area (Å²) in [6.07, 6.45) is 0. The Hall–Kier alpha value is -2.00. The van der Waals surface area contributed by atoms with Crippen LogP contribution in [0.15, 0.2) is 36.4 Å². The van der Waals surface area contributed by atoms with Crippen LogP contribution in [0.5, 0.6) is 11.5 Å². The second-order valence-electron chi connectivity index (χ2n) is 5.43. The lowest BCUT2D eigenvalue weighted by Crippen LogP contribution is -2.20. The minimum atomic E-state index is -0.157. The standard InChI is InChI=1S/C18H23NO2/c1-12-5-7-14(3)15(9-12)16(19)11-21-17-8-6-13(2)10-18(17)20-4/h5-10,16H,11,19H2,1-4H3. The van der Waals surface area contributed by atoms with E-state index in [1.807, 2.05) is 25.1 Å². The zero-order valence-corrected chi connectivity index (χ0v) is 13.1. The fourth-order valence-electron chi connectivity index (χ4n) is 2.32. The van der Waals surface area contributed by atoms with Gasteiger partial charge in [0.2, 0.25) is 0 Å². The molecular weight excluding hydrogens is 262 g/mol. The summed E-state index contributed by atoms with van der Waals surface area (Å²) in [7, 11) is 1.65. The Morgan fingerprint density at radius 3 is 2.33 bits per heavy atom. The zero-order valence-electron chi connectivity index (χ0n) is 13.1. The van der Waals surface area contributed by atoms with Gasteiger partial charge < -0.3 is 15.2 Å². The summed E-state index contributed by atoms with van der Waals surface area (Å²) in [5, 5.41) is 0. The monoisotopic (exact) mass is 285 g/mol. The van der Waals surface area contributed by atoms with Gasteiger partial charge in [0, 0.05) is 0 Å². The largest absolute Gasteiger partial charge is 0.493 e. The van der Waals surface area contributed by atoms with Crippen molar-refractivity contribution < 1.29 is 9.47 Å². The molecular formula is C18H23NO2. The molecule has 2 aromatic rings. The van der Waals surface area contributed by atoms with Gasteiger partial charge in [-0.2, -0.15) is 0 Å². The molecule has 2 rings (SSSR count). The number of benzene rings is 2. The van der Waals surface area contributed by atoms with E-state index in [2.05, 4.69) is 32.0 Å². The van der Waals surface area contributed by atoms with Crippen LogP contribution in [0.3, 0.4) is 0 Å². The highest BCUT2D eigenvalue weighted by Gasteiger charge is 2.12. The van der Waals surface area contributed by atoms with Crippen LogP contribution in [0, 0.1) is 20.8 Å². The molecule has 2 aromatic carbocycles. The Labute approximate surface area is 126 Å². The Bertz CT molecular complexity index is 623. The second-order valence-corrected chi connectivity index (χ2v) is 5.43. The second kappa shape index (κ2) is 6.64. The summed E-state index contributed by atoms with van der Waals surface area (Å²) in [5.41, 5.74) is 10.9. The summed E-state index contributed by atoms with van der Waals surface area (Å²) in [5.74, 6) is 1.46. The van der Waals surface area contributed by atoms with Gasteiger partial charge in [0.25, 0.3) is 0 Å². The third-order valence-electron chi connectivity index (χ3n) is 3.57. The fraction of sp³-hybridized carbons (Fsp3) is 0.333. The molecule has 3 nitrogen and oxygen atoms in total. The molecule has 0 bridgehead atoms. The summed E-state index contributed by atoms with van der Waals surface area (Å²) in [6.45, 7) is 6.58. The average Bonchev–Trinajstić information content (AvgIpc) is 2.48. The molecule has 1 atom stereocenters. The van der Waals surface area contributed by atoms with Crippen LogP contribution in [0.2, 0.25) is 0 Å². The summed E-state index contributed by atoms with van der Waals surface area (Å²) in [6, 6.07) is 12.0. The van der Waals surface area contributed by atoms with E-state index in [-0.39, 0.29) is 6.04 Å². The van der Waals surface area contributed by atoms with Crippen molar-refractivity contribution in [2.75, 3.05) is 13.7 Å². The van der Waals surface area contributed by atoms with Gasteiger partial charge in [0.05, 0.1) is 13.2 Å². The SMILES string of the molecule is COc1cc(C)ccc1OCC(N)c1cc(C)ccc1C. The van der Waals surface area contributed by atoms with E-state index in [0.29, 0.717) is 6.61 Å². The Balaban J connectivity index is 2.10. The van der Waals surface area contributed by atoms with Gasteiger partial charge in [-0.25, -0.2) is 0 Å². The van der Waals surface area contributed by atoms with Gasteiger partial charge in [-0.3, -0.25) is 0 Å². The molecule has 2 N–H and O–H groups in total. The minimum absolute atomic E-state index is 0.157. The van der Waals surface area contributed by atoms with Gasteiger partial charge in [-0.05, 0) is 49.6 Å². The molecule has 112 valence electrons. The predicted octanol–water partition coefficient (Wildman–Crippen LogP) is 3.70. The van der Waals surface area contributed by atoms with Gasteiger partial charge >= 0.3 is 0 Å². The van der Waals surface area contributed by atoms with E-state index in [4.69, 9.17) is 15.2 Å². The van der Waals surface area contributed by atoms with Gasteiger partial charge in [0.1, 0.15) is 6.61 Å². The van der Waals surface area contributed by atoms with Crippen LogP contribution >= 0.6 is 0 Å². The molecule has 0 radical (unpaired) electrons. The first-order chi connectivity index (χ1) is 10.0. The zero-order chi connectivity index (χ0) is 15.4. The summed E-state index contributed by atoms with van der Waals surface area (Å²) in [4.78, 5) is 0. The third kappa shape index (κ3) is 3.76. The lowest BCUT2D eigenvalue weighted by atomic mass is 10.00. The molecule has 0 amide bonds. The lowest BCUT2D eigenvalue weighted by molar-refractivity contribution is 0.273. The normalized spacial score (nSPS) is 12.0. The van der Waals surface area contributed by atoms with E-state index in [1.54, 1.807) is 7.11 Å².